The van der Waals surface area contributed by atoms with E-state index < -0.39 is 0 Å². The van der Waals surface area contributed by atoms with Gasteiger partial charge in [0.1, 0.15) is 5.82 Å². The average molecular weight is 328 g/mol. The number of fused-ring (bicyclic) bond motifs is 1. The van der Waals surface area contributed by atoms with Gasteiger partial charge in [-0.25, -0.2) is 9.37 Å². The fourth-order valence-electron chi connectivity index (χ4n) is 2.75. The largest absolute Gasteiger partial charge is 0.376 e. The number of nitrogens with two attached hydrogens (primary N) is 1. The smallest absolute Gasteiger partial charge is 0.201 e. The van der Waals surface area contributed by atoms with Gasteiger partial charge in [-0.15, -0.1) is 0 Å². The van der Waals surface area contributed by atoms with Gasteiger partial charge in [0.15, 0.2) is 0 Å². The molecule has 0 spiro atoms. The van der Waals surface area contributed by atoms with Crippen molar-refractivity contribution >= 4 is 32.9 Å². The van der Waals surface area contributed by atoms with Crippen LogP contribution in [0.15, 0.2) is 16.6 Å². The molecule has 2 N–H and O–H groups in total. The molecule has 1 aromatic heterocycles. The van der Waals surface area contributed by atoms with Crippen LogP contribution in [0.2, 0.25) is 0 Å². The van der Waals surface area contributed by atoms with Crippen molar-refractivity contribution in [3.8, 4) is 0 Å². The van der Waals surface area contributed by atoms with Crippen molar-refractivity contribution in [2.45, 2.75) is 31.9 Å². The minimum atomic E-state index is -0.316. The number of ether oxygens (including phenoxy) is 1. The van der Waals surface area contributed by atoms with E-state index in [1.165, 1.54) is 6.07 Å². The second kappa shape index (κ2) is 4.18. The van der Waals surface area contributed by atoms with Crippen LogP contribution in [0.4, 0.5) is 10.3 Å². The summed E-state index contributed by atoms with van der Waals surface area (Å²) in [6.45, 7) is 4.76. The number of nitrogens with zero attached hydrogens (tertiary/aromatic N) is 2. The Labute approximate surface area is 118 Å². The summed E-state index contributed by atoms with van der Waals surface area (Å²) in [7, 11) is 0. The number of anilines is 1. The number of rotatable bonds is 1. The van der Waals surface area contributed by atoms with Crippen LogP contribution in [0.3, 0.4) is 0 Å². The Hall–Kier alpha value is -1.14. The fraction of sp³-hybridized carbons (Fsp3) is 0.462. The second-order valence-corrected chi connectivity index (χ2v) is 6.03. The minimum absolute atomic E-state index is 0.0129. The van der Waals surface area contributed by atoms with E-state index in [4.69, 9.17) is 10.5 Å². The minimum Gasteiger partial charge on any atom is -0.376 e. The number of hydrogen-bond donors (Lipinski definition) is 1. The molecule has 2 aromatic rings. The van der Waals surface area contributed by atoms with Crippen LogP contribution in [0, 0.1) is 5.82 Å². The van der Waals surface area contributed by atoms with Crippen LogP contribution in [-0.2, 0) is 10.3 Å². The Morgan fingerprint density at radius 3 is 2.95 bits per heavy atom. The molecule has 0 saturated carbocycles. The fourth-order valence-corrected chi connectivity index (χ4v) is 3.08. The highest BCUT2D eigenvalue weighted by molar-refractivity contribution is 9.10. The monoisotopic (exact) mass is 327 g/mol. The number of aromatic nitrogens is 2. The van der Waals surface area contributed by atoms with E-state index in [1.54, 1.807) is 6.07 Å². The quantitative estimate of drug-likeness (QED) is 0.875. The molecule has 3 rings (SSSR count). The first-order valence-corrected chi connectivity index (χ1v) is 6.98. The van der Waals surface area contributed by atoms with E-state index in [0.29, 0.717) is 28.1 Å². The van der Waals surface area contributed by atoms with Gasteiger partial charge in [0, 0.05) is 12.7 Å². The lowest BCUT2D eigenvalue weighted by atomic mass is 9.94. The Balaban J connectivity index is 2.29. The van der Waals surface area contributed by atoms with Gasteiger partial charge in [0.25, 0.3) is 0 Å². The van der Waals surface area contributed by atoms with Crippen molar-refractivity contribution in [3.63, 3.8) is 0 Å². The van der Waals surface area contributed by atoms with Gasteiger partial charge in [0.2, 0.25) is 5.95 Å². The first-order valence-electron chi connectivity index (χ1n) is 6.18. The molecule has 1 saturated heterocycles. The van der Waals surface area contributed by atoms with Crippen LogP contribution in [0.5, 0.6) is 0 Å². The normalized spacial score (nSPS) is 27.3. The van der Waals surface area contributed by atoms with Gasteiger partial charge in [-0.05, 0) is 42.3 Å². The lowest BCUT2D eigenvalue weighted by Gasteiger charge is -2.31. The predicted molar refractivity (Wildman–Crippen MR) is 75.5 cm³/mol. The van der Waals surface area contributed by atoms with Crippen molar-refractivity contribution in [2.75, 3.05) is 12.3 Å². The molecule has 0 amide bonds. The Morgan fingerprint density at radius 1 is 1.58 bits per heavy atom. The number of imidazole rings is 1. The highest BCUT2D eigenvalue weighted by atomic mass is 79.9. The van der Waals surface area contributed by atoms with Crippen LogP contribution in [0.25, 0.3) is 11.0 Å². The second-order valence-electron chi connectivity index (χ2n) is 5.18. The molecule has 1 aliphatic rings. The zero-order chi connectivity index (χ0) is 13.8. The molecule has 102 valence electrons. The number of nitrogen functional groups attached to an aromatic ring is 1. The lowest BCUT2D eigenvalue weighted by molar-refractivity contribution is 0.0783. The molecular weight excluding hydrogens is 313 g/mol. The van der Waals surface area contributed by atoms with E-state index in [0.717, 1.165) is 6.42 Å². The van der Waals surface area contributed by atoms with E-state index in [9.17, 15) is 4.39 Å². The summed E-state index contributed by atoms with van der Waals surface area (Å²) >= 11 is 3.17. The maximum absolute atomic E-state index is 13.8. The molecule has 0 aliphatic carbocycles. The molecule has 19 heavy (non-hydrogen) atoms. The highest BCUT2D eigenvalue weighted by Crippen LogP contribution is 2.38. The van der Waals surface area contributed by atoms with Crippen molar-refractivity contribution in [2.24, 2.45) is 0 Å². The summed E-state index contributed by atoms with van der Waals surface area (Å²) < 4.78 is 21.7. The van der Waals surface area contributed by atoms with Crippen LogP contribution < -0.4 is 5.73 Å². The summed E-state index contributed by atoms with van der Waals surface area (Å²) in [6.07, 6.45) is 0.848. The zero-order valence-electron chi connectivity index (χ0n) is 10.8. The van der Waals surface area contributed by atoms with E-state index in [-0.39, 0.29) is 17.5 Å². The molecule has 1 aromatic carbocycles. The van der Waals surface area contributed by atoms with Gasteiger partial charge in [-0.1, -0.05) is 0 Å². The highest BCUT2D eigenvalue weighted by Gasteiger charge is 2.41. The maximum Gasteiger partial charge on any atom is 0.201 e. The van der Waals surface area contributed by atoms with Crippen molar-refractivity contribution in [1.29, 1.82) is 0 Å². The molecule has 1 aliphatic heterocycles. The molecular formula is C13H15BrFN3O. The summed E-state index contributed by atoms with van der Waals surface area (Å²) in [6, 6.07) is 3.13. The summed E-state index contributed by atoms with van der Waals surface area (Å²) in [5, 5.41) is 0. The molecule has 6 heteroatoms. The first kappa shape index (κ1) is 12.9. The van der Waals surface area contributed by atoms with Gasteiger partial charge in [-0.2, -0.15) is 0 Å². The first-order chi connectivity index (χ1) is 8.93. The lowest BCUT2D eigenvalue weighted by Crippen LogP contribution is -2.37. The summed E-state index contributed by atoms with van der Waals surface area (Å²) in [5.41, 5.74) is 7.14. The molecule has 1 fully saturated rings. The molecule has 2 heterocycles. The van der Waals surface area contributed by atoms with Crippen molar-refractivity contribution in [1.82, 2.24) is 9.55 Å². The van der Waals surface area contributed by atoms with Gasteiger partial charge >= 0.3 is 0 Å². The maximum atomic E-state index is 13.8. The Kier molecular flexibility index (Phi) is 2.83. The summed E-state index contributed by atoms with van der Waals surface area (Å²) in [5.74, 6) is 0.0798. The summed E-state index contributed by atoms with van der Waals surface area (Å²) in [4.78, 5) is 4.33. The molecule has 0 radical (unpaired) electrons. The zero-order valence-corrected chi connectivity index (χ0v) is 12.4. The third-order valence-electron chi connectivity index (χ3n) is 4.09. The molecule has 0 bridgehead atoms. The van der Waals surface area contributed by atoms with Gasteiger partial charge in [-0.3, -0.25) is 0 Å². The van der Waals surface area contributed by atoms with Gasteiger partial charge in [0.05, 0.1) is 27.1 Å². The molecule has 2 atom stereocenters. The van der Waals surface area contributed by atoms with E-state index >= 15 is 0 Å². The van der Waals surface area contributed by atoms with Crippen LogP contribution >= 0.6 is 15.9 Å². The number of hydrogen-bond acceptors (Lipinski definition) is 3. The van der Waals surface area contributed by atoms with Gasteiger partial charge < -0.3 is 15.0 Å². The average Bonchev–Trinajstić information content (AvgIpc) is 2.81. The van der Waals surface area contributed by atoms with Crippen LogP contribution in [-0.4, -0.2) is 22.3 Å². The van der Waals surface area contributed by atoms with E-state index in [1.807, 2.05) is 11.5 Å². The molecule has 2 unspecified atom stereocenters. The standard InChI is InChI=1S/C13H15BrFN3O/c1-7-13(2,3-4-19-7)18-11-6-9(15)8(14)5-10(11)17-12(18)16/h5-7H,3-4H2,1-2H3,(H2,16,17). The molecule has 4 nitrogen and oxygen atoms in total. The van der Waals surface area contributed by atoms with Crippen LogP contribution in [0.1, 0.15) is 20.3 Å². The van der Waals surface area contributed by atoms with Crippen molar-refractivity contribution < 1.29 is 9.13 Å². The Bertz CT molecular complexity index is 657. The third-order valence-corrected chi connectivity index (χ3v) is 4.69. The number of halogens is 2. The third kappa shape index (κ3) is 1.77. The van der Waals surface area contributed by atoms with E-state index in [2.05, 4.69) is 27.8 Å². The Morgan fingerprint density at radius 2 is 2.32 bits per heavy atom. The predicted octanol–water partition coefficient (Wildman–Crippen LogP) is 3.04. The van der Waals surface area contributed by atoms with Crippen molar-refractivity contribution in [3.05, 3.63) is 22.4 Å². The number of benzene rings is 1. The topological polar surface area (TPSA) is 53.1 Å². The SMILES string of the molecule is CC1OCCC1(C)n1c(N)nc2cc(Br)c(F)cc21.